The highest BCUT2D eigenvalue weighted by molar-refractivity contribution is 6.17. The van der Waals surface area contributed by atoms with Crippen LogP contribution in [0.4, 0.5) is 0 Å². The third-order valence-electron chi connectivity index (χ3n) is 1.53. The van der Waals surface area contributed by atoms with E-state index in [1.807, 2.05) is 0 Å². The zero-order valence-electron chi connectivity index (χ0n) is 6.42. The van der Waals surface area contributed by atoms with E-state index in [1.165, 1.54) is 0 Å². The summed E-state index contributed by atoms with van der Waals surface area (Å²) in [4.78, 5) is 10.5. The molecule has 0 aromatic heterocycles. The van der Waals surface area contributed by atoms with Crippen LogP contribution in [0, 0.1) is 5.92 Å². The summed E-state index contributed by atoms with van der Waals surface area (Å²) in [7, 11) is 0. The highest BCUT2D eigenvalue weighted by atomic mass is 35.5. The monoisotopic (exact) mass is 176 g/mol. The van der Waals surface area contributed by atoms with E-state index in [1.54, 1.807) is 6.08 Å². The summed E-state index contributed by atoms with van der Waals surface area (Å²) in [6.07, 6.45) is 3.66. The fourth-order valence-corrected chi connectivity index (χ4v) is 1.11. The van der Waals surface area contributed by atoms with E-state index in [-0.39, 0.29) is 5.92 Å². The standard InChI is InChI=1S/C8H13ClO2/c1-2-3-4-7(5-6-9)8(10)11/h2,7H,1,3-6H2,(H,10,11). The van der Waals surface area contributed by atoms with Crippen LogP contribution in [0.3, 0.4) is 0 Å². The molecular formula is C8H13ClO2. The topological polar surface area (TPSA) is 37.3 Å². The van der Waals surface area contributed by atoms with Crippen molar-refractivity contribution in [2.75, 3.05) is 5.88 Å². The number of halogens is 1. The van der Waals surface area contributed by atoms with Crippen LogP contribution < -0.4 is 0 Å². The van der Waals surface area contributed by atoms with Crippen LogP contribution in [0.2, 0.25) is 0 Å². The van der Waals surface area contributed by atoms with E-state index < -0.39 is 5.97 Å². The molecule has 0 amide bonds. The maximum absolute atomic E-state index is 10.5. The summed E-state index contributed by atoms with van der Waals surface area (Å²) in [6, 6.07) is 0. The molecule has 2 nitrogen and oxygen atoms in total. The molecule has 1 N–H and O–H groups in total. The second-order valence-electron chi connectivity index (χ2n) is 2.38. The Labute approximate surface area is 71.9 Å². The lowest BCUT2D eigenvalue weighted by Gasteiger charge is -2.07. The molecule has 3 heteroatoms. The summed E-state index contributed by atoms with van der Waals surface area (Å²) in [5.74, 6) is -0.647. The molecular weight excluding hydrogens is 164 g/mol. The van der Waals surface area contributed by atoms with Crippen LogP contribution in [0.25, 0.3) is 0 Å². The molecule has 0 saturated carbocycles. The highest BCUT2D eigenvalue weighted by Crippen LogP contribution is 2.12. The molecule has 0 saturated heterocycles. The first-order chi connectivity index (χ1) is 5.22. The average Bonchev–Trinajstić information content (AvgIpc) is 1.97. The van der Waals surface area contributed by atoms with E-state index >= 15 is 0 Å². The molecule has 0 spiro atoms. The average molecular weight is 177 g/mol. The van der Waals surface area contributed by atoms with Crippen LogP contribution in [-0.4, -0.2) is 17.0 Å². The van der Waals surface area contributed by atoms with Gasteiger partial charge in [0.1, 0.15) is 0 Å². The highest BCUT2D eigenvalue weighted by Gasteiger charge is 2.14. The fraction of sp³-hybridized carbons (Fsp3) is 0.625. The number of hydrogen-bond acceptors (Lipinski definition) is 1. The van der Waals surface area contributed by atoms with Crippen molar-refractivity contribution in [3.05, 3.63) is 12.7 Å². The maximum Gasteiger partial charge on any atom is 0.306 e. The molecule has 1 atom stereocenters. The predicted octanol–water partition coefficient (Wildman–Crippen LogP) is 2.28. The Morgan fingerprint density at radius 2 is 2.27 bits per heavy atom. The molecule has 0 aliphatic rings. The van der Waals surface area contributed by atoms with Gasteiger partial charge in [-0.25, -0.2) is 0 Å². The molecule has 64 valence electrons. The van der Waals surface area contributed by atoms with Gasteiger partial charge in [0.05, 0.1) is 5.92 Å². The third-order valence-corrected chi connectivity index (χ3v) is 1.74. The first-order valence-corrected chi connectivity index (χ1v) is 4.15. The minimum absolute atomic E-state index is 0.300. The van der Waals surface area contributed by atoms with Gasteiger partial charge in [-0.1, -0.05) is 6.08 Å². The smallest absolute Gasteiger partial charge is 0.306 e. The molecule has 0 rings (SSSR count). The Balaban J connectivity index is 3.68. The van der Waals surface area contributed by atoms with Gasteiger partial charge in [-0.2, -0.15) is 0 Å². The van der Waals surface area contributed by atoms with Crippen molar-refractivity contribution in [3.63, 3.8) is 0 Å². The normalized spacial score (nSPS) is 12.5. The molecule has 0 aromatic carbocycles. The van der Waals surface area contributed by atoms with Crippen LogP contribution in [0.5, 0.6) is 0 Å². The Morgan fingerprint density at radius 3 is 2.64 bits per heavy atom. The van der Waals surface area contributed by atoms with Crippen molar-refractivity contribution in [1.82, 2.24) is 0 Å². The SMILES string of the molecule is C=CCCC(CCCl)C(=O)O. The number of carboxylic acid groups (broad SMARTS) is 1. The third kappa shape index (κ3) is 4.85. The first kappa shape index (κ1) is 10.5. The Bertz CT molecular complexity index is 134. The summed E-state index contributed by atoms with van der Waals surface area (Å²) >= 11 is 5.43. The van der Waals surface area contributed by atoms with Crippen LogP contribution in [0.1, 0.15) is 19.3 Å². The molecule has 0 fully saturated rings. The summed E-state index contributed by atoms with van der Waals surface area (Å²) in [6.45, 7) is 3.53. The Hall–Kier alpha value is -0.500. The predicted molar refractivity (Wildman–Crippen MR) is 45.9 cm³/mol. The number of aliphatic carboxylic acids is 1. The van der Waals surface area contributed by atoms with Gasteiger partial charge < -0.3 is 5.11 Å². The lowest BCUT2D eigenvalue weighted by atomic mass is 10.0. The zero-order valence-corrected chi connectivity index (χ0v) is 7.18. The zero-order chi connectivity index (χ0) is 8.69. The van der Waals surface area contributed by atoms with E-state index in [0.29, 0.717) is 18.7 Å². The van der Waals surface area contributed by atoms with Gasteiger partial charge in [0.25, 0.3) is 0 Å². The molecule has 0 radical (unpaired) electrons. The number of carbonyl (C=O) groups is 1. The van der Waals surface area contributed by atoms with Crippen LogP contribution in [0.15, 0.2) is 12.7 Å². The number of allylic oxidation sites excluding steroid dienone is 1. The molecule has 0 aliphatic heterocycles. The van der Waals surface area contributed by atoms with Gasteiger partial charge in [-0.3, -0.25) is 4.79 Å². The van der Waals surface area contributed by atoms with Crippen molar-refractivity contribution in [2.45, 2.75) is 19.3 Å². The number of rotatable bonds is 6. The van der Waals surface area contributed by atoms with E-state index in [2.05, 4.69) is 6.58 Å². The summed E-state index contributed by atoms with van der Waals surface area (Å²) in [5.41, 5.74) is 0. The Kier molecular flexibility index (Phi) is 5.94. The Morgan fingerprint density at radius 1 is 1.64 bits per heavy atom. The van der Waals surface area contributed by atoms with Gasteiger partial charge >= 0.3 is 5.97 Å². The number of hydrogen-bond donors (Lipinski definition) is 1. The van der Waals surface area contributed by atoms with Crippen LogP contribution in [-0.2, 0) is 4.79 Å². The molecule has 11 heavy (non-hydrogen) atoms. The van der Waals surface area contributed by atoms with E-state index in [9.17, 15) is 4.79 Å². The maximum atomic E-state index is 10.5. The van der Waals surface area contributed by atoms with Gasteiger partial charge in [0, 0.05) is 5.88 Å². The fourth-order valence-electron chi connectivity index (χ4n) is 0.842. The summed E-state index contributed by atoms with van der Waals surface area (Å²) in [5, 5.41) is 8.64. The van der Waals surface area contributed by atoms with Crippen molar-refractivity contribution in [3.8, 4) is 0 Å². The quantitative estimate of drug-likeness (QED) is 0.498. The van der Waals surface area contributed by atoms with Crippen molar-refractivity contribution < 1.29 is 9.90 Å². The van der Waals surface area contributed by atoms with Crippen LogP contribution >= 0.6 is 11.6 Å². The van der Waals surface area contributed by atoms with E-state index in [0.717, 1.165) is 6.42 Å². The number of alkyl halides is 1. The molecule has 1 unspecified atom stereocenters. The van der Waals surface area contributed by atoms with Gasteiger partial charge in [0.2, 0.25) is 0 Å². The van der Waals surface area contributed by atoms with Crippen molar-refractivity contribution in [2.24, 2.45) is 5.92 Å². The van der Waals surface area contributed by atoms with Gasteiger partial charge in [0.15, 0.2) is 0 Å². The lowest BCUT2D eigenvalue weighted by Crippen LogP contribution is -2.13. The minimum atomic E-state index is -0.757. The lowest BCUT2D eigenvalue weighted by molar-refractivity contribution is -0.142. The largest absolute Gasteiger partial charge is 0.481 e. The van der Waals surface area contributed by atoms with Gasteiger partial charge in [-0.15, -0.1) is 18.2 Å². The van der Waals surface area contributed by atoms with Gasteiger partial charge in [-0.05, 0) is 19.3 Å². The second-order valence-corrected chi connectivity index (χ2v) is 2.76. The van der Waals surface area contributed by atoms with Crippen molar-refractivity contribution >= 4 is 17.6 Å². The van der Waals surface area contributed by atoms with E-state index in [4.69, 9.17) is 16.7 Å². The molecule has 0 aromatic rings. The minimum Gasteiger partial charge on any atom is -0.481 e. The molecule has 0 aliphatic carbocycles. The molecule has 0 bridgehead atoms. The number of carboxylic acids is 1. The van der Waals surface area contributed by atoms with Crippen molar-refractivity contribution in [1.29, 1.82) is 0 Å². The first-order valence-electron chi connectivity index (χ1n) is 3.62. The molecule has 0 heterocycles. The summed E-state index contributed by atoms with van der Waals surface area (Å²) < 4.78 is 0. The second kappa shape index (κ2) is 6.23.